The van der Waals surface area contributed by atoms with Crippen LogP contribution in [0.1, 0.15) is 11.1 Å². The lowest BCUT2D eigenvalue weighted by atomic mass is 10.2. The van der Waals surface area contributed by atoms with Crippen LogP contribution in [0.2, 0.25) is 0 Å². The van der Waals surface area contributed by atoms with E-state index >= 15 is 0 Å². The van der Waals surface area contributed by atoms with Gasteiger partial charge in [0, 0.05) is 12.4 Å². The minimum atomic E-state index is -4.25. The average molecular weight is 585 g/mol. The van der Waals surface area contributed by atoms with Gasteiger partial charge in [-0.25, -0.2) is 31.2 Å². The van der Waals surface area contributed by atoms with Crippen molar-refractivity contribution in [1.82, 2.24) is 15.0 Å². The van der Waals surface area contributed by atoms with Crippen molar-refractivity contribution in [2.45, 2.75) is 21.7 Å². The Kier molecular flexibility index (Phi) is 7.10. The number of methoxy groups -OCH3 is 2. The fourth-order valence-electron chi connectivity index (χ4n) is 4.39. The fourth-order valence-corrected chi connectivity index (χ4v) is 7.18. The summed E-state index contributed by atoms with van der Waals surface area (Å²) in [6, 6.07) is 15.2. The first-order chi connectivity index (χ1) is 19.0. The zero-order valence-corrected chi connectivity index (χ0v) is 23.4. The Hall–Kier alpha value is -4.23. The highest BCUT2D eigenvalue weighted by atomic mass is 32.2. The van der Waals surface area contributed by atoms with Crippen LogP contribution < -0.4 is 14.8 Å². The van der Waals surface area contributed by atoms with E-state index in [1.807, 2.05) is 0 Å². The summed E-state index contributed by atoms with van der Waals surface area (Å²) in [5, 5.41) is 1.88. The van der Waals surface area contributed by atoms with Gasteiger partial charge in [-0.3, -0.25) is 0 Å². The predicted molar refractivity (Wildman–Crippen MR) is 149 cm³/mol. The molecule has 13 heteroatoms. The molecule has 5 rings (SSSR count). The van der Waals surface area contributed by atoms with Crippen molar-refractivity contribution in [3.63, 3.8) is 0 Å². The van der Waals surface area contributed by atoms with E-state index in [4.69, 9.17) is 9.47 Å². The summed E-state index contributed by atoms with van der Waals surface area (Å²) in [5.74, 6) is -0.480. The first kappa shape index (κ1) is 27.3. The van der Waals surface area contributed by atoms with E-state index in [-0.39, 0.29) is 16.4 Å². The second-order valence-corrected chi connectivity index (χ2v) is 12.8. The molecule has 0 aliphatic carbocycles. The molecule has 40 heavy (non-hydrogen) atoms. The minimum absolute atomic E-state index is 0.00269. The molecule has 2 aromatic heterocycles. The maximum atomic E-state index is 14.5. The van der Waals surface area contributed by atoms with Crippen LogP contribution in [0.25, 0.3) is 21.9 Å². The molecule has 10 nitrogen and oxygen atoms in total. The Labute approximate surface area is 230 Å². The number of benzene rings is 3. The number of aromatic amines is 1. The number of anilines is 1. The molecule has 0 atom stereocenters. The zero-order valence-electron chi connectivity index (χ0n) is 21.7. The number of aromatic nitrogens is 3. The molecule has 2 N–H and O–H groups in total. The number of sulfone groups is 2. The zero-order chi connectivity index (χ0) is 28.7. The van der Waals surface area contributed by atoms with Crippen LogP contribution in [0.15, 0.2) is 70.8 Å². The summed E-state index contributed by atoms with van der Waals surface area (Å²) in [4.78, 5) is 11.3. The number of nitrogens with one attached hydrogen (secondary N) is 2. The van der Waals surface area contributed by atoms with E-state index in [2.05, 4.69) is 20.3 Å². The molecule has 3 aromatic carbocycles. The van der Waals surface area contributed by atoms with Gasteiger partial charge in [0.15, 0.2) is 5.03 Å². The van der Waals surface area contributed by atoms with Crippen LogP contribution in [-0.2, 0) is 31.2 Å². The van der Waals surface area contributed by atoms with E-state index in [1.165, 1.54) is 20.3 Å². The third-order valence-electron chi connectivity index (χ3n) is 6.34. The van der Waals surface area contributed by atoms with Gasteiger partial charge in [-0.2, -0.15) is 0 Å². The summed E-state index contributed by atoms with van der Waals surface area (Å²) in [6.07, 6.45) is 0. The first-order valence-corrected chi connectivity index (χ1v) is 15.3. The SMILES string of the molecule is CNc1cc(F)cc2c1[nH]c1nc(S(=O)(=O)Cc3ccc(OC)cc3)nc(S(=O)(=O)Cc3ccc(OC)cc3)c12. The monoisotopic (exact) mass is 584 g/mol. The number of hydrogen-bond donors (Lipinski definition) is 2. The van der Waals surface area contributed by atoms with E-state index in [1.54, 1.807) is 55.6 Å². The predicted octanol–water partition coefficient (Wildman–Crippen LogP) is 4.26. The molecule has 5 aromatic rings. The summed E-state index contributed by atoms with van der Waals surface area (Å²) < 4.78 is 79.3. The van der Waals surface area contributed by atoms with Crippen molar-refractivity contribution in [3.8, 4) is 11.5 Å². The van der Waals surface area contributed by atoms with Crippen molar-refractivity contribution >= 4 is 47.3 Å². The van der Waals surface area contributed by atoms with Gasteiger partial charge in [0.05, 0.1) is 42.3 Å². The second kappa shape index (κ2) is 10.4. The number of rotatable bonds is 9. The maximum Gasteiger partial charge on any atom is 0.250 e. The molecular weight excluding hydrogens is 559 g/mol. The topological polar surface area (TPSA) is 140 Å². The van der Waals surface area contributed by atoms with Crippen LogP contribution in [0.5, 0.6) is 11.5 Å². The molecule has 0 amide bonds. The van der Waals surface area contributed by atoms with Gasteiger partial charge in [-0.15, -0.1) is 0 Å². The van der Waals surface area contributed by atoms with Crippen molar-refractivity contribution in [2.24, 2.45) is 0 Å². The average Bonchev–Trinajstić information content (AvgIpc) is 3.31. The van der Waals surface area contributed by atoms with E-state index in [0.29, 0.717) is 33.8 Å². The lowest BCUT2D eigenvalue weighted by molar-refractivity contribution is 0.414. The van der Waals surface area contributed by atoms with Gasteiger partial charge in [0.1, 0.15) is 23.0 Å². The molecule has 0 saturated heterocycles. The van der Waals surface area contributed by atoms with Gasteiger partial charge >= 0.3 is 0 Å². The highest BCUT2D eigenvalue weighted by Crippen LogP contribution is 2.35. The third kappa shape index (κ3) is 5.17. The molecule has 0 unspecified atom stereocenters. The molecule has 0 fully saturated rings. The van der Waals surface area contributed by atoms with E-state index < -0.39 is 47.2 Å². The summed E-state index contributed by atoms with van der Waals surface area (Å²) in [7, 11) is -3.89. The minimum Gasteiger partial charge on any atom is -0.497 e. The molecule has 0 aliphatic rings. The van der Waals surface area contributed by atoms with Crippen molar-refractivity contribution in [3.05, 3.63) is 77.6 Å². The van der Waals surface area contributed by atoms with Crippen LogP contribution in [0.4, 0.5) is 10.1 Å². The van der Waals surface area contributed by atoms with Gasteiger partial charge in [-0.1, -0.05) is 24.3 Å². The number of nitrogens with zero attached hydrogens (tertiary/aromatic N) is 2. The molecule has 208 valence electrons. The van der Waals surface area contributed by atoms with E-state index in [0.717, 1.165) is 6.07 Å². The molecule has 2 heterocycles. The van der Waals surface area contributed by atoms with Gasteiger partial charge in [0.25, 0.3) is 5.16 Å². The summed E-state index contributed by atoms with van der Waals surface area (Å²) in [6.45, 7) is 0. The fraction of sp³-hybridized carbons (Fsp3) is 0.185. The lowest BCUT2D eigenvalue weighted by Gasteiger charge is -2.10. The highest BCUT2D eigenvalue weighted by Gasteiger charge is 2.30. The molecular formula is C27H25FN4O6S2. The Morgan fingerprint density at radius 1 is 0.825 bits per heavy atom. The number of H-pyrrole nitrogens is 1. The Bertz CT molecular complexity index is 1940. The largest absolute Gasteiger partial charge is 0.497 e. The third-order valence-corrected chi connectivity index (χ3v) is 9.39. The van der Waals surface area contributed by atoms with Crippen molar-refractivity contribution in [2.75, 3.05) is 26.6 Å². The van der Waals surface area contributed by atoms with Crippen molar-refractivity contribution in [1.29, 1.82) is 0 Å². The number of fused-ring (bicyclic) bond motifs is 3. The van der Waals surface area contributed by atoms with Crippen LogP contribution in [0, 0.1) is 5.82 Å². The summed E-state index contributed by atoms with van der Waals surface area (Å²) >= 11 is 0. The number of hydrogen-bond acceptors (Lipinski definition) is 9. The Morgan fingerprint density at radius 3 is 1.90 bits per heavy atom. The Morgan fingerprint density at radius 2 is 1.38 bits per heavy atom. The second-order valence-electron chi connectivity index (χ2n) is 9.00. The summed E-state index contributed by atoms with van der Waals surface area (Å²) in [5.41, 5.74) is 1.52. The number of halogens is 1. The van der Waals surface area contributed by atoms with Crippen LogP contribution in [-0.4, -0.2) is 53.1 Å². The molecule has 0 bridgehead atoms. The van der Waals surface area contributed by atoms with Gasteiger partial charge < -0.3 is 19.8 Å². The normalized spacial score (nSPS) is 12.1. The smallest absolute Gasteiger partial charge is 0.250 e. The molecule has 0 saturated carbocycles. The van der Waals surface area contributed by atoms with Gasteiger partial charge in [0.2, 0.25) is 19.7 Å². The molecule has 0 aliphatic heterocycles. The van der Waals surface area contributed by atoms with Gasteiger partial charge in [-0.05, 0) is 47.5 Å². The first-order valence-electron chi connectivity index (χ1n) is 12.0. The Balaban J connectivity index is 1.71. The van der Waals surface area contributed by atoms with Crippen LogP contribution in [0.3, 0.4) is 0 Å². The number of ether oxygens (including phenoxy) is 2. The molecule has 0 spiro atoms. The van der Waals surface area contributed by atoms with E-state index in [9.17, 15) is 21.2 Å². The van der Waals surface area contributed by atoms with Crippen molar-refractivity contribution < 1.29 is 30.7 Å². The van der Waals surface area contributed by atoms with Crippen LogP contribution >= 0.6 is 0 Å². The molecule has 0 radical (unpaired) electrons. The standard InChI is InChI=1S/C27H25FN4O6S2/c1-29-22-13-18(28)12-21-23-25(30-24(21)22)31-27(40(35,36)15-17-6-10-20(38-3)11-7-17)32-26(23)39(33,34)14-16-4-8-19(37-2)9-5-16/h4-13,29H,14-15H2,1-3H3,(H,30,31,32). The maximum absolute atomic E-state index is 14.5. The highest BCUT2D eigenvalue weighted by molar-refractivity contribution is 7.91. The quantitative estimate of drug-likeness (QED) is 0.192. The lowest BCUT2D eigenvalue weighted by Crippen LogP contribution is -2.15.